The Morgan fingerprint density at radius 1 is 1.43 bits per heavy atom. The highest BCUT2D eigenvalue weighted by molar-refractivity contribution is 7.93. The van der Waals surface area contributed by atoms with E-state index in [1.54, 1.807) is 19.9 Å². The molecule has 0 aliphatic heterocycles. The summed E-state index contributed by atoms with van der Waals surface area (Å²) in [4.78, 5) is 16.4. The number of hydrogen-bond acceptors (Lipinski definition) is 6. The van der Waals surface area contributed by atoms with Gasteiger partial charge < -0.3 is 9.84 Å². The van der Waals surface area contributed by atoms with Crippen LogP contribution in [0.3, 0.4) is 0 Å². The van der Waals surface area contributed by atoms with Crippen LogP contribution >= 0.6 is 0 Å². The zero-order chi connectivity index (χ0) is 15.6. The summed E-state index contributed by atoms with van der Waals surface area (Å²) in [6, 6.07) is 1.64. The summed E-state index contributed by atoms with van der Waals surface area (Å²) < 4.78 is 27.0. The molecule has 0 saturated heterocycles. The number of sulfone groups is 1. The van der Waals surface area contributed by atoms with Crippen LogP contribution in [0.25, 0.3) is 11.1 Å². The largest absolute Gasteiger partial charge is 0.349 e. The van der Waals surface area contributed by atoms with Crippen LogP contribution in [0.4, 0.5) is 0 Å². The topological polar surface area (TPSA) is 102 Å². The van der Waals surface area contributed by atoms with Crippen molar-refractivity contribution in [1.29, 1.82) is 0 Å². The normalized spacial score (nSPS) is 12.1. The van der Waals surface area contributed by atoms with Gasteiger partial charge in [0.15, 0.2) is 9.84 Å². The van der Waals surface area contributed by atoms with Crippen molar-refractivity contribution in [2.45, 2.75) is 13.8 Å². The van der Waals surface area contributed by atoms with Gasteiger partial charge in [-0.2, -0.15) is 0 Å². The molecular weight excluding hydrogens is 294 g/mol. The van der Waals surface area contributed by atoms with Crippen LogP contribution in [0.15, 0.2) is 22.1 Å². The standard InChI is InChI=1S/C13H15N3O4S/c1-8-7-10(11-9(2)16-20-13(11)15-8)12(17)14-5-4-6-21(3,18)19/h4,6-7H,5H2,1-3H3,(H,14,17)/b6-4+. The molecule has 2 rings (SSSR count). The number of amides is 1. The Balaban J connectivity index is 2.24. The molecule has 0 bridgehead atoms. The first-order chi connectivity index (χ1) is 9.78. The van der Waals surface area contributed by atoms with Crippen LogP contribution in [-0.2, 0) is 9.84 Å². The van der Waals surface area contributed by atoms with Gasteiger partial charge in [-0.05, 0) is 19.9 Å². The average molecular weight is 309 g/mol. The van der Waals surface area contributed by atoms with E-state index < -0.39 is 9.84 Å². The monoisotopic (exact) mass is 309 g/mol. The summed E-state index contributed by atoms with van der Waals surface area (Å²) in [6.07, 6.45) is 2.46. The van der Waals surface area contributed by atoms with Crippen LogP contribution in [0, 0.1) is 13.8 Å². The molecule has 0 aliphatic rings. The third-order valence-electron chi connectivity index (χ3n) is 2.71. The molecule has 21 heavy (non-hydrogen) atoms. The molecule has 0 aliphatic carbocycles. The van der Waals surface area contributed by atoms with Gasteiger partial charge in [0.2, 0.25) is 0 Å². The third kappa shape index (κ3) is 3.66. The number of rotatable bonds is 4. The first-order valence-electron chi connectivity index (χ1n) is 6.16. The molecule has 0 radical (unpaired) electrons. The maximum atomic E-state index is 12.2. The lowest BCUT2D eigenvalue weighted by atomic mass is 10.1. The summed E-state index contributed by atoms with van der Waals surface area (Å²) in [7, 11) is -3.19. The molecule has 8 heteroatoms. The number of aromatic nitrogens is 2. The predicted molar refractivity (Wildman–Crippen MR) is 77.6 cm³/mol. The Morgan fingerprint density at radius 3 is 2.81 bits per heavy atom. The fourth-order valence-electron chi connectivity index (χ4n) is 1.87. The lowest BCUT2D eigenvalue weighted by Crippen LogP contribution is -2.24. The molecule has 1 amide bonds. The SMILES string of the molecule is Cc1cc(C(=O)NC/C=C/S(C)(=O)=O)c2c(C)noc2n1. The Kier molecular flexibility index (Phi) is 4.08. The van der Waals surface area contributed by atoms with Gasteiger partial charge in [0.1, 0.15) is 0 Å². The van der Waals surface area contributed by atoms with Crippen LogP contribution in [0.2, 0.25) is 0 Å². The van der Waals surface area contributed by atoms with Crippen LogP contribution in [0.5, 0.6) is 0 Å². The van der Waals surface area contributed by atoms with Crippen molar-refractivity contribution < 1.29 is 17.7 Å². The molecule has 0 aromatic carbocycles. The number of aryl methyl sites for hydroxylation is 2. The fourth-order valence-corrected chi connectivity index (χ4v) is 2.31. The second-order valence-electron chi connectivity index (χ2n) is 4.67. The lowest BCUT2D eigenvalue weighted by Gasteiger charge is -2.04. The zero-order valence-corrected chi connectivity index (χ0v) is 12.7. The van der Waals surface area contributed by atoms with Crippen molar-refractivity contribution in [2.24, 2.45) is 0 Å². The summed E-state index contributed by atoms with van der Waals surface area (Å²) in [5.74, 6) is -0.338. The molecule has 0 atom stereocenters. The number of nitrogens with zero attached hydrogens (tertiary/aromatic N) is 2. The van der Waals surface area contributed by atoms with Gasteiger partial charge >= 0.3 is 0 Å². The first kappa shape index (κ1) is 15.2. The zero-order valence-electron chi connectivity index (χ0n) is 11.9. The highest BCUT2D eigenvalue weighted by atomic mass is 32.2. The molecule has 0 fully saturated rings. The first-order valence-corrected chi connectivity index (χ1v) is 8.12. The van der Waals surface area contributed by atoms with Gasteiger partial charge in [-0.1, -0.05) is 11.2 Å². The van der Waals surface area contributed by atoms with Crippen molar-refractivity contribution in [3.63, 3.8) is 0 Å². The second kappa shape index (κ2) is 5.65. The number of fused-ring (bicyclic) bond motifs is 1. The smallest absolute Gasteiger partial charge is 0.258 e. The second-order valence-corrected chi connectivity index (χ2v) is 6.60. The summed E-state index contributed by atoms with van der Waals surface area (Å²) >= 11 is 0. The van der Waals surface area contributed by atoms with Crippen molar-refractivity contribution in [2.75, 3.05) is 12.8 Å². The van der Waals surface area contributed by atoms with Gasteiger partial charge in [0.05, 0.1) is 16.6 Å². The van der Waals surface area contributed by atoms with Crippen molar-refractivity contribution in [3.8, 4) is 0 Å². The van der Waals surface area contributed by atoms with Gasteiger partial charge in [-0.3, -0.25) is 4.79 Å². The third-order valence-corrected chi connectivity index (χ3v) is 3.40. The van der Waals surface area contributed by atoms with E-state index in [0.717, 1.165) is 11.7 Å². The van der Waals surface area contributed by atoms with E-state index in [4.69, 9.17) is 4.52 Å². The van der Waals surface area contributed by atoms with E-state index in [0.29, 0.717) is 28.1 Å². The molecule has 2 aromatic rings. The van der Waals surface area contributed by atoms with Crippen molar-refractivity contribution >= 4 is 26.8 Å². The highest BCUT2D eigenvalue weighted by Crippen LogP contribution is 2.21. The Bertz CT molecular complexity index is 821. The van der Waals surface area contributed by atoms with Crippen LogP contribution < -0.4 is 5.32 Å². The van der Waals surface area contributed by atoms with Gasteiger partial charge in [0.25, 0.3) is 11.6 Å². The average Bonchev–Trinajstić information content (AvgIpc) is 2.74. The molecule has 0 spiro atoms. The Labute approximate surface area is 121 Å². The van der Waals surface area contributed by atoms with Gasteiger partial charge in [-0.15, -0.1) is 0 Å². The number of pyridine rings is 1. The van der Waals surface area contributed by atoms with Crippen molar-refractivity contribution in [1.82, 2.24) is 15.5 Å². The summed E-state index contributed by atoms with van der Waals surface area (Å²) in [5.41, 5.74) is 1.93. The molecule has 0 unspecified atom stereocenters. The minimum Gasteiger partial charge on any atom is -0.349 e. The number of nitrogens with one attached hydrogen (secondary N) is 1. The van der Waals surface area contributed by atoms with E-state index in [9.17, 15) is 13.2 Å². The van der Waals surface area contributed by atoms with Crippen molar-refractivity contribution in [3.05, 3.63) is 34.5 Å². The Morgan fingerprint density at radius 2 is 2.14 bits per heavy atom. The predicted octanol–water partition coefficient (Wildman–Crippen LogP) is 1.13. The van der Waals surface area contributed by atoms with Crippen LogP contribution in [0.1, 0.15) is 21.7 Å². The summed E-state index contributed by atoms with van der Waals surface area (Å²) in [6.45, 7) is 3.58. The number of carbonyl (C=O) groups is 1. The molecule has 7 nitrogen and oxygen atoms in total. The molecule has 2 heterocycles. The fraction of sp³-hybridized carbons (Fsp3) is 0.308. The van der Waals surface area contributed by atoms with E-state index in [1.807, 2.05) is 0 Å². The molecule has 0 saturated carbocycles. The maximum Gasteiger partial charge on any atom is 0.258 e. The minimum atomic E-state index is -3.19. The van der Waals surface area contributed by atoms with Gasteiger partial charge in [-0.25, -0.2) is 13.4 Å². The Hall–Kier alpha value is -2.22. The lowest BCUT2D eigenvalue weighted by molar-refractivity contribution is 0.0959. The molecular formula is C13H15N3O4S. The molecule has 112 valence electrons. The van der Waals surface area contributed by atoms with Gasteiger partial charge in [0, 0.05) is 23.9 Å². The minimum absolute atomic E-state index is 0.110. The molecule has 1 N–H and O–H groups in total. The highest BCUT2D eigenvalue weighted by Gasteiger charge is 2.17. The van der Waals surface area contributed by atoms with E-state index in [2.05, 4.69) is 15.5 Å². The van der Waals surface area contributed by atoms with E-state index >= 15 is 0 Å². The number of hydrogen-bond donors (Lipinski definition) is 1. The van der Waals surface area contributed by atoms with E-state index in [-0.39, 0.29) is 12.5 Å². The van der Waals surface area contributed by atoms with Crippen LogP contribution in [-0.4, -0.2) is 37.3 Å². The van der Waals surface area contributed by atoms with E-state index in [1.165, 1.54) is 6.08 Å². The summed E-state index contributed by atoms with van der Waals surface area (Å²) in [5, 5.41) is 8.03. The maximum absolute atomic E-state index is 12.2. The number of carbonyl (C=O) groups excluding carboxylic acids is 1. The molecule has 2 aromatic heterocycles. The quantitative estimate of drug-likeness (QED) is 0.908.